The van der Waals surface area contributed by atoms with Gasteiger partial charge in [0.15, 0.2) is 5.78 Å². The van der Waals surface area contributed by atoms with Crippen molar-refractivity contribution in [2.75, 3.05) is 6.26 Å². The number of aryl methyl sites for hydroxylation is 2. The number of rotatable bonds is 5. The predicted molar refractivity (Wildman–Crippen MR) is 114 cm³/mol. The second kappa shape index (κ2) is 7.33. The van der Waals surface area contributed by atoms with Gasteiger partial charge in [-0.3, -0.25) is 4.79 Å². The topological polar surface area (TPSA) is 34.4 Å². The highest BCUT2D eigenvalue weighted by atomic mass is 32.2. The molecule has 0 aliphatic carbocycles. The summed E-state index contributed by atoms with van der Waals surface area (Å²) in [7, 11) is 0. The van der Waals surface area contributed by atoms with Crippen LogP contribution in [0.2, 0.25) is 0 Å². The molecular formula is C22H20N2OS2. The number of aromatic nitrogens is 2. The molecule has 0 radical (unpaired) electrons. The number of imidazole rings is 1. The third-order valence-corrected chi connectivity index (χ3v) is 6.79. The van der Waals surface area contributed by atoms with Crippen molar-refractivity contribution in [3.63, 3.8) is 0 Å². The molecule has 3 aromatic heterocycles. The average molecular weight is 393 g/mol. The molecule has 0 saturated carbocycles. The third kappa shape index (κ3) is 3.57. The van der Waals surface area contributed by atoms with E-state index in [1.54, 1.807) is 23.1 Å². The first kappa shape index (κ1) is 18.0. The lowest BCUT2D eigenvalue weighted by Crippen LogP contribution is -2.05. The summed E-state index contributed by atoms with van der Waals surface area (Å²) < 4.78 is 3.22. The molecular weight excluding hydrogens is 372 g/mol. The number of thioether (sulfide) groups is 1. The Kier molecular flexibility index (Phi) is 4.89. The van der Waals surface area contributed by atoms with Gasteiger partial charge in [-0.2, -0.15) is 0 Å². The maximum atomic E-state index is 13.0. The van der Waals surface area contributed by atoms with Crippen LogP contribution in [-0.4, -0.2) is 21.4 Å². The SMILES string of the molecule is CSc1ccc(C(=O)Cc2c(-c3ccc(C)cc3)nc3ccc(C)cn23)s1. The quantitative estimate of drug-likeness (QED) is 0.317. The number of Topliss-reactive ketones (excluding diaryl/α,β-unsaturated/α-hetero) is 1. The van der Waals surface area contributed by atoms with Gasteiger partial charge in [0.2, 0.25) is 0 Å². The van der Waals surface area contributed by atoms with Crippen LogP contribution in [0.25, 0.3) is 16.9 Å². The summed E-state index contributed by atoms with van der Waals surface area (Å²) in [6.07, 6.45) is 4.43. The first-order valence-corrected chi connectivity index (χ1v) is 10.8. The fourth-order valence-corrected chi connectivity index (χ4v) is 4.61. The zero-order valence-electron chi connectivity index (χ0n) is 15.5. The minimum Gasteiger partial charge on any atom is -0.303 e. The largest absolute Gasteiger partial charge is 0.303 e. The molecule has 27 heavy (non-hydrogen) atoms. The number of thiophene rings is 1. The Morgan fingerprint density at radius 1 is 1.04 bits per heavy atom. The van der Waals surface area contributed by atoms with Crippen LogP contribution in [0.1, 0.15) is 26.5 Å². The second-order valence-electron chi connectivity index (χ2n) is 6.63. The van der Waals surface area contributed by atoms with E-state index in [1.165, 1.54) is 5.56 Å². The molecule has 4 aromatic rings. The van der Waals surface area contributed by atoms with E-state index in [9.17, 15) is 4.79 Å². The van der Waals surface area contributed by atoms with Crippen LogP contribution in [0.3, 0.4) is 0 Å². The van der Waals surface area contributed by atoms with Crippen LogP contribution < -0.4 is 0 Å². The second-order valence-corrected chi connectivity index (χ2v) is 8.82. The number of carbonyl (C=O) groups is 1. The molecule has 0 bridgehead atoms. The smallest absolute Gasteiger partial charge is 0.178 e. The zero-order valence-corrected chi connectivity index (χ0v) is 17.2. The molecule has 0 N–H and O–H groups in total. The van der Waals surface area contributed by atoms with Crippen LogP contribution in [0, 0.1) is 13.8 Å². The summed E-state index contributed by atoms with van der Waals surface area (Å²) in [5.41, 5.74) is 6.09. The Balaban J connectivity index is 1.81. The van der Waals surface area contributed by atoms with Crippen molar-refractivity contribution in [3.8, 4) is 11.3 Å². The number of nitrogens with zero attached hydrogens (tertiary/aromatic N) is 2. The minimum atomic E-state index is 0.136. The highest BCUT2D eigenvalue weighted by molar-refractivity contribution is 8.00. The summed E-state index contributed by atoms with van der Waals surface area (Å²) >= 11 is 3.23. The molecule has 5 heteroatoms. The molecule has 0 unspecified atom stereocenters. The first-order chi connectivity index (χ1) is 13.0. The summed E-state index contributed by atoms with van der Waals surface area (Å²) in [4.78, 5) is 18.6. The van der Waals surface area contributed by atoms with Gasteiger partial charge in [0.25, 0.3) is 0 Å². The molecule has 0 spiro atoms. The molecule has 0 aliphatic rings. The van der Waals surface area contributed by atoms with Crippen LogP contribution >= 0.6 is 23.1 Å². The standard InChI is InChI=1S/C22H20N2OS2/c1-14-4-7-16(8-5-14)22-17(24-13-15(2)6-10-20(24)23-22)12-18(25)19-9-11-21(26-3)27-19/h4-11,13H,12H2,1-3H3. The van der Waals surface area contributed by atoms with E-state index in [0.29, 0.717) is 6.42 Å². The van der Waals surface area contributed by atoms with Gasteiger partial charge in [0.1, 0.15) is 5.65 Å². The summed E-state index contributed by atoms with van der Waals surface area (Å²) in [6, 6.07) is 16.3. The van der Waals surface area contributed by atoms with Crippen molar-refractivity contribution < 1.29 is 4.79 Å². The fourth-order valence-electron chi connectivity index (χ4n) is 3.13. The van der Waals surface area contributed by atoms with E-state index >= 15 is 0 Å². The monoisotopic (exact) mass is 392 g/mol. The van der Waals surface area contributed by atoms with E-state index in [0.717, 1.165) is 37.2 Å². The molecule has 0 atom stereocenters. The van der Waals surface area contributed by atoms with Crippen molar-refractivity contribution in [3.05, 3.63) is 76.4 Å². The number of hydrogen-bond donors (Lipinski definition) is 0. The number of benzene rings is 1. The first-order valence-electron chi connectivity index (χ1n) is 8.77. The molecule has 3 nitrogen and oxygen atoms in total. The predicted octanol–water partition coefficient (Wildman–Crippen LogP) is 5.83. The molecule has 0 amide bonds. The molecule has 4 rings (SSSR count). The van der Waals surface area contributed by atoms with Gasteiger partial charge < -0.3 is 4.40 Å². The zero-order chi connectivity index (χ0) is 19.0. The van der Waals surface area contributed by atoms with Crippen LogP contribution in [-0.2, 0) is 6.42 Å². The van der Waals surface area contributed by atoms with Crippen molar-refractivity contribution in [1.29, 1.82) is 0 Å². The Bertz CT molecular complexity index is 1120. The van der Waals surface area contributed by atoms with E-state index in [2.05, 4.69) is 54.8 Å². The van der Waals surface area contributed by atoms with E-state index in [-0.39, 0.29) is 5.78 Å². The molecule has 0 fully saturated rings. The number of carbonyl (C=O) groups excluding carboxylic acids is 1. The van der Waals surface area contributed by atoms with E-state index in [1.807, 2.05) is 24.5 Å². The molecule has 0 saturated heterocycles. The lowest BCUT2D eigenvalue weighted by atomic mass is 10.0. The summed E-state index contributed by atoms with van der Waals surface area (Å²) in [5, 5.41) is 0. The van der Waals surface area contributed by atoms with Gasteiger partial charge in [0, 0.05) is 11.8 Å². The van der Waals surface area contributed by atoms with Gasteiger partial charge in [-0.25, -0.2) is 4.98 Å². The molecule has 3 heterocycles. The van der Waals surface area contributed by atoms with Crippen LogP contribution in [0.4, 0.5) is 0 Å². The minimum absolute atomic E-state index is 0.136. The highest BCUT2D eigenvalue weighted by Crippen LogP contribution is 2.29. The molecule has 136 valence electrons. The van der Waals surface area contributed by atoms with Crippen molar-refractivity contribution in [1.82, 2.24) is 9.38 Å². The van der Waals surface area contributed by atoms with Gasteiger partial charge in [-0.05, 0) is 43.9 Å². The lowest BCUT2D eigenvalue weighted by molar-refractivity contribution is 0.0995. The Hall–Kier alpha value is -2.37. The van der Waals surface area contributed by atoms with Crippen molar-refractivity contribution >= 4 is 34.5 Å². The van der Waals surface area contributed by atoms with Crippen molar-refractivity contribution in [2.24, 2.45) is 0 Å². The van der Waals surface area contributed by atoms with Gasteiger partial charge in [0.05, 0.1) is 26.9 Å². The van der Waals surface area contributed by atoms with E-state index < -0.39 is 0 Å². The molecule has 0 aliphatic heterocycles. The number of ketones is 1. The Labute approximate surface area is 167 Å². The fraction of sp³-hybridized carbons (Fsp3) is 0.182. The number of pyridine rings is 1. The third-order valence-electron chi connectivity index (χ3n) is 4.58. The van der Waals surface area contributed by atoms with Crippen LogP contribution in [0.5, 0.6) is 0 Å². The number of fused-ring (bicyclic) bond motifs is 1. The van der Waals surface area contributed by atoms with Crippen molar-refractivity contribution in [2.45, 2.75) is 24.5 Å². The normalized spacial score (nSPS) is 11.2. The highest BCUT2D eigenvalue weighted by Gasteiger charge is 2.19. The van der Waals surface area contributed by atoms with Gasteiger partial charge in [-0.15, -0.1) is 23.1 Å². The molecule has 1 aromatic carbocycles. The van der Waals surface area contributed by atoms with Gasteiger partial charge >= 0.3 is 0 Å². The Morgan fingerprint density at radius 3 is 2.48 bits per heavy atom. The maximum absolute atomic E-state index is 13.0. The summed E-state index contributed by atoms with van der Waals surface area (Å²) in [6.45, 7) is 4.13. The van der Waals surface area contributed by atoms with E-state index in [4.69, 9.17) is 4.98 Å². The van der Waals surface area contributed by atoms with Crippen LogP contribution in [0.15, 0.2) is 58.9 Å². The maximum Gasteiger partial charge on any atom is 0.178 e. The Morgan fingerprint density at radius 2 is 1.78 bits per heavy atom. The lowest BCUT2D eigenvalue weighted by Gasteiger charge is -2.06. The summed E-state index contributed by atoms with van der Waals surface area (Å²) in [5.74, 6) is 0.136. The average Bonchev–Trinajstić information content (AvgIpc) is 3.28. The van der Waals surface area contributed by atoms with Gasteiger partial charge in [-0.1, -0.05) is 35.9 Å². The number of hydrogen-bond acceptors (Lipinski definition) is 4.